The van der Waals surface area contributed by atoms with Gasteiger partial charge in [0, 0.05) is 22.9 Å². The summed E-state index contributed by atoms with van der Waals surface area (Å²) in [5.41, 5.74) is 2.77. The van der Waals surface area contributed by atoms with Crippen molar-refractivity contribution in [2.45, 2.75) is 45.6 Å². The van der Waals surface area contributed by atoms with Crippen molar-refractivity contribution in [3.8, 4) is 0 Å². The van der Waals surface area contributed by atoms with E-state index in [9.17, 15) is 9.59 Å². The number of carbonyl (C=O) groups excluding carboxylic acids is 2. The van der Waals surface area contributed by atoms with Crippen LogP contribution in [0.2, 0.25) is 0 Å². The van der Waals surface area contributed by atoms with Gasteiger partial charge in [0.1, 0.15) is 0 Å². The third kappa shape index (κ3) is 4.51. The first-order chi connectivity index (χ1) is 12.5. The molecule has 0 saturated heterocycles. The Bertz CT molecular complexity index is 778. The van der Waals surface area contributed by atoms with Crippen LogP contribution in [0.4, 0.5) is 5.69 Å². The molecule has 2 aromatic rings. The van der Waals surface area contributed by atoms with Crippen molar-refractivity contribution in [3.63, 3.8) is 0 Å². The van der Waals surface area contributed by atoms with Crippen LogP contribution in [0.1, 0.15) is 58.9 Å². The predicted molar refractivity (Wildman–Crippen MR) is 104 cm³/mol. The van der Waals surface area contributed by atoms with E-state index >= 15 is 0 Å². The van der Waals surface area contributed by atoms with Crippen molar-refractivity contribution in [1.82, 2.24) is 5.32 Å². The predicted octanol–water partition coefficient (Wildman–Crippen LogP) is 4.56. The number of hydrogen-bond donors (Lipinski definition) is 2. The summed E-state index contributed by atoms with van der Waals surface area (Å²) < 4.78 is 0. The summed E-state index contributed by atoms with van der Waals surface area (Å²) in [5, 5.41) is 6.05. The van der Waals surface area contributed by atoms with Crippen LogP contribution in [0.15, 0.2) is 48.5 Å². The largest absolute Gasteiger partial charge is 0.349 e. The number of rotatable bonds is 4. The summed E-state index contributed by atoms with van der Waals surface area (Å²) in [6, 6.07) is 14.8. The fourth-order valence-electron chi connectivity index (χ4n) is 3.36. The van der Waals surface area contributed by atoms with E-state index < -0.39 is 0 Å². The molecular formula is C22H26N2O2. The van der Waals surface area contributed by atoms with E-state index in [1.165, 1.54) is 0 Å². The molecule has 4 nitrogen and oxygen atoms in total. The van der Waals surface area contributed by atoms with Gasteiger partial charge in [-0.25, -0.2) is 0 Å². The summed E-state index contributed by atoms with van der Waals surface area (Å²) in [4.78, 5) is 25.0. The van der Waals surface area contributed by atoms with Gasteiger partial charge in [-0.3, -0.25) is 9.59 Å². The standard InChI is InChI=1S/C22H26N2O2/c1-15-8-12-19(13-9-15)23-22(26)18-11-10-16(2)20(14-18)24-21(25)17-6-4-3-5-7-17/h3-7,10-11,14-15,19H,8-9,12-13H2,1-2H3,(H,23,26)(H,24,25). The number of benzene rings is 2. The van der Waals surface area contributed by atoms with Crippen molar-refractivity contribution < 1.29 is 9.59 Å². The van der Waals surface area contributed by atoms with E-state index in [1.54, 1.807) is 18.2 Å². The Morgan fingerprint density at radius 2 is 1.58 bits per heavy atom. The Morgan fingerprint density at radius 1 is 0.885 bits per heavy atom. The summed E-state index contributed by atoms with van der Waals surface area (Å²) >= 11 is 0. The molecule has 2 aromatic carbocycles. The molecule has 0 aromatic heterocycles. The molecule has 2 amide bonds. The zero-order valence-electron chi connectivity index (χ0n) is 15.4. The molecule has 0 radical (unpaired) electrons. The maximum absolute atomic E-state index is 12.6. The second-order valence-electron chi connectivity index (χ2n) is 7.28. The van der Waals surface area contributed by atoms with E-state index in [1.807, 2.05) is 37.3 Å². The second kappa shape index (κ2) is 8.17. The Kier molecular flexibility index (Phi) is 5.71. The summed E-state index contributed by atoms with van der Waals surface area (Å²) in [6.07, 6.45) is 4.40. The fourth-order valence-corrected chi connectivity index (χ4v) is 3.36. The highest BCUT2D eigenvalue weighted by molar-refractivity contribution is 6.05. The molecule has 3 rings (SSSR count). The van der Waals surface area contributed by atoms with Crippen LogP contribution in [0.3, 0.4) is 0 Å². The van der Waals surface area contributed by atoms with Crippen molar-refractivity contribution in [2.75, 3.05) is 5.32 Å². The zero-order chi connectivity index (χ0) is 18.5. The molecular weight excluding hydrogens is 324 g/mol. The number of anilines is 1. The van der Waals surface area contributed by atoms with Gasteiger partial charge in [-0.05, 0) is 68.4 Å². The molecule has 136 valence electrons. The highest BCUT2D eigenvalue weighted by Gasteiger charge is 2.20. The normalized spacial score (nSPS) is 19.6. The third-order valence-electron chi connectivity index (χ3n) is 5.14. The molecule has 0 heterocycles. The van der Waals surface area contributed by atoms with E-state index in [-0.39, 0.29) is 17.9 Å². The molecule has 0 aliphatic heterocycles. The van der Waals surface area contributed by atoms with Crippen LogP contribution >= 0.6 is 0 Å². The van der Waals surface area contributed by atoms with Crippen LogP contribution in [0.25, 0.3) is 0 Å². The SMILES string of the molecule is Cc1ccc(C(=O)NC2CCC(C)CC2)cc1NC(=O)c1ccccc1. The highest BCUT2D eigenvalue weighted by Crippen LogP contribution is 2.24. The number of carbonyl (C=O) groups is 2. The van der Waals surface area contributed by atoms with Gasteiger partial charge in [-0.15, -0.1) is 0 Å². The molecule has 0 spiro atoms. The Morgan fingerprint density at radius 3 is 2.27 bits per heavy atom. The first kappa shape index (κ1) is 18.2. The molecule has 1 saturated carbocycles. The molecule has 0 atom stereocenters. The van der Waals surface area contributed by atoms with Gasteiger partial charge in [0.25, 0.3) is 11.8 Å². The minimum absolute atomic E-state index is 0.0697. The van der Waals surface area contributed by atoms with Gasteiger partial charge >= 0.3 is 0 Å². The van der Waals surface area contributed by atoms with Crippen LogP contribution in [0, 0.1) is 12.8 Å². The number of hydrogen-bond acceptors (Lipinski definition) is 2. The zero-order valence-corrected chi connectivity index (χ0v) is 15.4. The van der Waals surface area contributed by atoms with Crippen LogP contribution in [-0.4, -0.2) is 17.9 Å². The molecule has 2 N–H and O–H groups in total. The van der Waals surface area contributed by atoms with Crippen molar-refractivity contribution in [1.29, 1.82) is 0 Å². The average Bonchev–Trinajstić information content (AvgIpc) is 2.66. The quantitative estimate of drug-likeness (QED) is 0.849. The first-order valence-electron chi connectivity index (χ1n) is 9.31. The molecule has 1 aliphatic carbocycles. The van der Waals surface area contributed by atoms with Crippen LogP contribution < -0.4 is 10.6 Å². The Balaban J connectivity index is 1.69. The average molecular weight is 350 g/mol. The van der Waals surface area contributed by atoms with E-state index in [0.29, 0.717) is 16.8 Å². The van der Waals surface area contributed by atoms with Gasteiger partial charge in [0.2, 0.25) is 0 Å². The smallest absolute Gasteiger partial charge is 0.255 e. The number of amides is 2. The van der Waals surface area contributed by atoms with Gasteiger partial charge < -0.3 is 10.6 Å². The maximum atomic E-state index is 12.6. The monoisotopic (exact) mass is 350 g/mol. The Labute approximate surface area is 155 Å². The number of nitrogens with one attached hydrogen (secondary N) is 2. The van der Waals surface area contributed by atoms with Crippen LogP contribution in [-0.2, 0) is 0 Å². The highest BCUT2D eigenvalue weighted by atomic mass is 16.2. The lowest BCUT2D eigenvalue weighted by atomic mass is 9.87. The van der Waals surface area contributed by atoms with Gasteiger partial charge in [-0.2, -0.15) is 0 Å². The summed E-state index contributed by atoms with van der Waals surface area (Å²) in [7, 11) is 0. The third-order valence-corrected chi connectivity index (χ3v) is 5.14. The lowest BCUT2D eigenvalue weighted by Crippen LogP contribution is -2.37. The van der Waals surface area contributed by atoms with Gasteiger partial charge in [-0.1, -0.05) is 31.2 Å². The lowest BCUT2D eigenvalue weighted by Gasteiger charge is -2.27. The van der Waals surface area contributed by atoms with Crippen molar-refractivity contribution in [3.05, 3.63) is 65.2 Å². The minimum atomic E-state index is -0.174. The second-order valence-corrected chi connectivity index (χ2v) is 7.28. The van der Waals surface area contributed by atoms with Crippen molar-refractivity contribution >= 4 is 17.5 Å². The van der Waals surface area contributed by atoms with E-state index in [2.05, 4.69) is 17.6 Å². The molecule has 1 fully saturated rings. The fraction of sp³-hybridized carbons (Fsp3) is 0.364. The van der Waals surface area contributed by atoms with Crippen molar-refractivity contribution in [2.24, 2.45) is 5.92 Å². The lowest BCUT2D eigenvalue weighted by molar-refractivity contribution is 0.0922. The summed E-state index contributed by atoms with van der Waals surface area (Å²) in [5.74, 6) is 0.509. The molecule has 0 unspecified atom stereocenters. The number of aryl methyl sites for hydroxylation is 1. The van der Waals surface area contributed by atoms with E-state index in [4.69, 9.17) is 0 Å². The van der Waals surface area contributed by atoms with E-state index in [0.717, 1.165) is 37.2 Å². The summed E-state index contributed by atoms with van der Waals surface area (Å²) in [6.45, 7) is 4.19. The molecule has 1 aliphatic rings. The molecule has 26 heavy (non-hydrogen) atoms. The van der Waals surface area contributed by atoms with Crippen LogP contribution in [0.5, 0.6) is 0 Å². The Hall–Kier alpha value is -2.62. The molecule has 4 heteroatoms. The van der Waals surface area contributed by atoms with Gasteiger partial charge in [0.15, 0.2) is 0 Å². The topological polar surface area (TPSA) is 58.2 Å². The minimum Gasteiger partial charge on any atom is -0.349 e. The van der Waals surface area contributed by atoms with Gasteiger partial charge in [0.05, 0.1) is 0 Å². The molecule has 0 bridgehead atoms. The maximum Gasteiger partial charge on any atom is 0.255 e. The first-order valence-corrected chi connectivity index (χ1v) is 9.31.